The van der Waals surface area contributed by atoms with Gasteiger partial charge in [-0.15, -0.1) is 11.3 Å². The van der Waals surface area contributed by atoms with Crippen LogP contribution in [0.2, 0.25) is 0 Å². The largest absolute Gasteiger partial charge is 0.372 e. The lowest BCUT2D eigenvalue weighted by molar-refractivity contribution is -0.384. The number of aromatic nitrogens is 3. The van der Waals surface area contributed by atoms with Crippen molar-refractivity contribution < 1.29 is 4.92 Å². The fourth-order valence-corrected chi connectivity index (χ4v) is 5.55. The molecule has 0 aliphatic rings. The van der Waals surface area contributed by atoms with Gasteiger partial charge < -0.3 is 4.90 Å². The molecule has 5 rings (SSSR count). The van der Waals surface area contributed by atoms with E-state index in [9.17, 15) is 14.9 Å². The quantitative estimate of drug-likeness (QED) is 0.123. The van der Waals surface area contributed by atoms with Gasteiger partial charge in [-0.25, -0.2) is 14.4 Å². The van der Waals surface area contributed by atoms with Crippen molar-refractivity contribution in [3.8, 4) is 16.9 Å². The second-order valence-corrected chi connectivity index (χ2v) is 10.4. The van der Waals surface area contributed by atoms with Gasteiger partial charge >= 0.3 is 0 Å². The number of nitrogens with zero attached hydrogens (tertiary/aromatic N) is 7. The van der Waals surface area contributed by atoms with Gasteiger partial charge in [-0.3, -0.25) is 19.6 Å². The van der Waals surface area contributed by atoms with E-state index >= 15 is 0 Å². The number of para-hydroxylation sites is 1. The lowest BCUT2D eigenvalue weighted by atomic mass is 10.1. The lowest BCUT2D eigenvalue weighted by Crippen LogP contribution is -2.21. The number of hydrogen-bond donors (Lipinski definition) is 0. The second-order valence-electron chi connectivity index (χ2n) is 9.55. The molecular formula is C31H31N7O3S. The first-order chi connectivity index (χ1) is 20.3. The number of thiazole rings is 1. The van der Waals surface area contributed by atoms with Gasteiger partial charge in [0.25, 0.3) is 11.2 Å². The van der Waals surface area contributed by atoms with Crippen LogP contribution < -0.4 is 15.3 Å². The number of hydrogen-bond acceptors (Lipinski definition) is 7. The molecule has 2 heterocycles. The summed E-state index contributed by atoms with van der Waals surface area (Å²) in [5, 5.41) is 17.9. The van der Waals surface area contributed by atoms with Crippen molar-refractivity contribution in [1.82, 2.24) is 14.0 Å². The highest BCUT2D eigenvalue weighted by molar-refractivity contribution is 7.07. The minimum absolute atomic E-state index is 0.00334. The van der Waals surface area contributed by atoms with Crippen LogP contribution in [-0.2, 0) is 7.05 Å². The van der Waals surface area contributed by atoms with Crippen LogP contribution in [0.4, 0.5) is 17.1 Å². The molecule has 0 N–H and O–H groups in total. The molecule has 0 saturated carbocycles. The number of nitro benzene ring substituents is 1. The van der Waals surface area contributed by atoms with Gasteiger partial charge in [0, 0.05) is 48.9 Å². The Hall–Kier alpha value is -5.03. The van der Waals surface area contributed by atoms with Crippen LogP contribution in [-0.4, -0.2) is 38.3 Å². The molecule has 0 amide bonds. The predicted molar refractivity (Wildman–Crippen MR) is 168 cm³/mol. The highest BCUT2D eigenvalue weighted by Crippen LogP contribution is 2.24. The van der Waals surface area contributed by atoms with E-state index in [1.54, 1.807) is 32.4 Å². The van der Waals surface area contributed by atoms with Crippen molar-refractivity contribution >= 4 is 34.6 Å². The zero-order valence-electron chi connectivity index (χ0n) is 23.8. The van der Waals surface area contributed by atoms with Crippen molar-refractivity contribution in [3.63, 3.8) is 0 Å². The third-order valence-electron chi connectivity index (χ3n) is 7.13. The maximum Gasteiger partial charge on any atom is 0.297 e. The van der Waals surface area contributed by atoms with Crippen LogP contribution >= 0.6 is 11.3 Å². The molecule has 214 valence electrons. The van der Waals surface area contributed by atoms with Crippen LogP contribution in [0.5, 0.6) is 0 Å². The molecule has 0 fully saturated rings. The molecule has 0 unspecified atom stereocenters. The molecule has 0 bridgehead atoms. The smallest absolute Gasteiger partial charge is 0.297 e. The highest BCUT2D eigenvalue weighted by Gasteiger charge is 2.17. The average molecular weight is 582 g/mol. The molecule has 11 heteroatoms. The maximum absolute atomic E-state index is 13.6. The summed E-state index contributed by atoms with van der Waals surface area (Å²) in [6.45, 7) is 7.95. The number of non-ortho nitro benzene ring substituents is 1. The number of nitro groups is 1. The summed E-state index contributed by atoms with van der Waals surface area (Å²) in [6, 6.07) is 23.9. The third kappa shape index (κ3) is 5.59. The van der Waals surface area contributed by atoms with E-state index < -0.39 is 4.92 Å². The first-order valence-electron chi connectivity index (χ1n) is 13.6. The predicted octanol–water partition coefficient (Wildman–Crippen LogP) is 5.88. The molecule has 0 saturated heterocycles. The Balaban J connectivity index is 1.63. The van der Waals surface area contributed by atoms with Crippen LogP contribution in [0, 0.1) is 17.0 Å². The van der Waals surface area contributed by atoms with Crippen LogP contribution in [0.15, 0.2) is 99.1 Å². The maximum atomic E-state index is 13.6. The minimum Gasteiger partial charge on any atom is -0.372 e. The zero-order valence-corrected chi connectivity index (χ0v) is 24.7. The van der Waals surface area contributed by atoms with Gasteiger partial charge in [-0.1, -0.05) is 30.3 Å². The van der Waals surface area contributed by atoms with Gasteiger partial charge in [0.2, 0.25) is 4.80 Å². The summed E-state index contributed by atoms with van der Waals surface area (Å²) in [6.07, 6.45) is 1.74. The van der Waals surface area contributed by atoms with Crippen molar-refractivity contribution in [2.24, 2.45) is 17.1 Å². The Labute approximate surface area is 246 Å². The first-order valence-corrected chi connectivity index (χ1v) is 14.4. The van der Waals surface area contributed by atoms with E-state index in [1.807, 2.05) is 61.8 Å². The highest BCUT2D eigenvalue weighted by atomic mass is 32.1. The zero-order chi connectivity index (χ0) is 29.8. The summed E-state index contributed by atoms with van der Waals surface area (Å²) in [5.74, 6) is 0. The summed E-state index contributed by atoms with van der Waals surface area (Å²) >= 11 is 1.34. The first kappa shape index (κ1) is 28.5. The van der Waals surface area contributed by atoms with Crippen molar-refractivity contribution in [1.29, 1.82) is 0 Å². The summed E-state index contributed by atoms with van der Waals surface area (Å²) < 4.78 is 5.04. The van der Waals surface area contributed by atoms with E-state index in [0.717, 1.165) is 35.6 Å². The van der Waals surface area contributed by atoms with Gasteiger partial charge in [0.1, 0.15) is 0 Å². The number of benzene rings is 3. The average Bonchev–Trinajstić information content (AvgIpc) is 3.51. The fraction of sp³-hybridized carbons (Fsp3) is 0.194. The molecule has 5 aromatic rings. The molecule has 10 nitrogen and oxygen atoms in total. The van der Waals surface area contributed by atoms with Gasteiger partial charge in [-0.2, -0.15) is 5.10 Å². The van der Waals surface area contributed by atoms with E-state index in [-0.39, 0.29) is 11.2 Å². The Bertz CT molecular complexity index is 1860. The lowest BCUT2D eigenvalue weighted by Gasteiger charge is -2.20. The second kappa shape index (κ2) is 12.2. The molecular weight excluding hydrogens is 550 g/mol. The van der Waals surface area contributed by atoms with E-state index in [2.05, 4.69) is 30.9 Å². The Morgan fingerprint density at radius 1 is 0.976 bits per heavy atom. The fourth-order valence-electron chi connectivity index (χ4n) is 4.70. The Kier molecular flexibility index (Phi) is 8.30. The SMILES string of the molecule is CCN(CC)c1ccc(C=Nn2c(-c3ccc([N+](=O)[O-])cc3)csc2=Nc2c(C)n(C)n(-c3ccccc3)c2=O)cc1. The van der Waals surface area contributed by atoms with Gasteiger partial charge in [0.05, 0.1) is 28.2 Å². The standard InChI is InChI=1S/C31H31N7O3S/c1-5-35(6-2)25-16-12-23(13-17-25)20-32-36-28(24-14-18-27(19-15-24)38(40)41)21-42-31(36)33-29-22(3)34(4)37(30(29)39)26-10-8-7-9-11-26/h7-21H,5-6H2,1-4H3. The third-order valence-corrected chi connectivity index (χ3v) is 7.95. The van der Waals surface area contributed by atoms with E-state index in [4.69, 9.17) is 10.1 Å². The molecule has 0 atom stereocenters. The number of anilines is 1. The summed E-state index contributed by atoms with van der Waals surface area (Å²) in [5.41, 5.74) is 4.98. The molecule has 42 heavy (non-hydrogen) atoms. The van der Waals surface area contributed by atoms with E-state index in [1.165, 1.54) is 23.5 Å². The molecule has 0 radical (unpaired) electrons. The van der Waals surface area contributed by atoms with Crippen LogP contribution in [0.1, 0.15) is 25.1 Å². The normalized spacial score (nSPS) is 11.9. The Morgan fingerprint density at radius 2 is 1.64 bits per heavy atom. The van der Waals surface area contributed by atoms with Crippen LogP contribution in [0.25, 0.3) is 16.9 Å². The molecule has 0 spiro atoms. The van der Waals surface area contributed by atoms with Crippen LogP contribution in [0.3, 0.4) is 0 Å². The summed E-state index contributed by atoms with van der Waals surface area (Å²) in [4.78, 5) is 31.9. The topological polar surface area (TPSA) is 103 Å². The minimum atomic E-state index is -0.428. The number of rotatable bonds is 9. The Morgan fingerprint density at radius 3 is 2.26 bits per heavy atom. The van der Waals surface area contributed by atoms with Crippen molar-refractivity contribution in [2.45, 2.75) is 20.8 Å². The van der Waals surface area contributed by atoms with E-state index in [0.29, 0.717) is 21.9 Å². The van der Waals surface area contributed by atoms with Crippen molar-refractivity contribution in [3.05, 3.63) is 121 Å². The van der Waals surface area contributed by atoms with Crippen molar-refractivity contribution in [2.75, 3.05) is 18.0 Å². The molecule has 0 aliphatic heterocycles. The van der Waals surface area contributed by atoms with Gasteiger partial charge in [0.15, 0.2) is 5.69 Å². The summed E-state index contributed by atoms with van der Waals surface area (Å²) in [7, 11) is 1.83. The monoisotopic (exact) mass is 581 g/mol. The van der Waals surface area contributed by atoms with Gasteiger partial charge in [-0.05, 0) is 62.7 Å². The molecule has 0 aliphatic carbocycles. The molecule has 2 aromatic heterocycles. The molecule has 3 aromatic carbocycles.